The zero-order valence-electron chi connectivity index (χ0n) is 17.7. The van der Waals surface area contributed by atoms with Crippen LogP contribution in [-0.2, 0) is 7.05 Å². The van der Waals surface area contributed by atoms with Crippen molar-refractivity contribution in [2.24, 2.45) is 7.05 Å². The van der Waals surface area contributed by atoms with Gasteiger partial charge in [-0.05, 0) is 44.2 Å². The number of nitrogens with zero attached hydrogens (tertiary/aromatic N) is 3. The van der Waals surface area contributed by atoms with Crippen LogP contribution in [0.5, 0.6) is 0 Å². The predicted octanol–water partition coefficient (Wildman–Crippen LogP) is 3.75. The molecule has 0 aliphatic heterocycles. The number of rotatable bonds is 5. The zero-order chi connectivity index (χ0) is 22.8. The molecule has 0 radical (unpaired) electrons. The van der Waals surface area contributed by atoms with Gasteiger partial charge in [-0.15, -0.1) is 11.3 Å². The predicted molar refractivity (Wildman–Crippen MR) is 125 cm³/mol. The Hall–Kier alpha value is -3.98. The van der Waals surface area contributed by atoms with E-state index in [-0.39, 0.29) is 17.2 Å². The first-order valence-corrected chi connectivity index (χ1v) is 10.7. The van der Waals surface area contributed by atoms with Crippen molar-refractivity contribution in [1.29, 1.82) is 0 Å². The van der Waals surface area contributed by atoms with Gasteiger partial charge in [0.2, 0.25) is 0 Å². The molecule has 4 aromatic rings. The maximum absolute atomic E-state index is 13.0. The average molecular weight is 448 g/mol. The largest absolute Gasteiger partial charge is 0.321 e. The fraction of sp³-hybridized carbons (Fsp3) is 0.130. The Morgan fingerprint density at radius 3 is 2.41 bits per heavy atom. The number of amides is 2. The number of hydrogen-bond donors (Lipinski definition) is 2. The molecule has 0 aliphatic carbocycles. The summed E-state index contributed by atoms with van der Waals surface area (Å²) in [6.45, 7) is 3.59. The molecule has 0 saturated heterocycles. The Kier molecular flexibility index (Phi) is 5.74. The van der Waals surface area contributed by atoms with Crippen LogP contribution in [0.25, 0.3) is 5.69 Å². The van der Waals surface area contributed by atoms with Crippen molar-refractivity contribution >= 4 is 34.5 Å². The van der Waals surface area contributed by atoms with Crippen LogP contribution in [0.4, 0.5) is 11.4 Å². The van der Waals surface area contributed by atoms with Crippen molar-refractivity contribution in [3.63, 3.8) is 0 Å². The number of hydrogen-bond acceptors (Lipinski definition) is 5. The average Bonchev–Trinajstić information content (AvgIpc) is 3.31. The van der Waals surface area contributed by atoms with Gasteiger partial charge in [0.05, 0.1) is 22.6 Å². The minimum Gasteiger partial charge on any atom is -0.321 e. The molecule has 2 aromatic carbocycles. The minimum absolute atomic E-state index is 0.205. The maximum atomic E-state index is 13.0. The summed E-state index contributed by atoms with van der Waals surface area (Å²) in [7, 11) is 1.76. The molecular weight excluding hydrogens is 426 g/mol. The lowest BCUT2D eigenvalue weighted by Crippen LogP contribution is -2.23. The van der Waals surface area contributed by atoms with Gasteiger partial charge < -0.3 is 10.6 Å². The Balaban J connectivity index is 1.57. The summed E-state index contributed by atoms with van der Waals surface area (Å²) in [6.07, 6.45) is 1.52. The van der Waals surface area contributed by atoms with E-state index in [1.807, 2.05) is 37.3 Å². The second-order valence-corrected chi connectivity index (χ2v) is 8.40. The molecule has 0 unspecified atom stereocenters. The summed E-state index contributed by atoms with van der Waals surface area (Å²) in [5.41, 5.74) is 1.99. The normalized spacial score (nSPS) is 10.7. The lowest BCUT2D eigenvalue weighted by Gasteiger charge is -2.07. The highest BCUT2D eigenvalue weighted by Crippen LogP contribution is 2.18. The van der Waals surface area contributed by atoms with Crippen molar-refractivity contribution < 1.29 is 9.59 Å². The first-order valence-electron chi connectivity index (χ1n) is 9.84. The first-order chi connectivity index (χ1) is 15.3. The number of anilines is 2. The van der Waals surface area contributed by atoms with E-state index >= 15 is 0 Å². The second-order valence-electron chi connectivity index (χ2n) is 7.17. The summed E-state index contributed by atoms with van der Waals surface area (Å²) in [6, 6.07) is 15.7. The van der Waals surface area contributed by atoms with Crippen LogP contribution in [-0.4, -0.2) is 26.2 Å². The molecule has 0 aliphatic rings. The number of benzene rings is 2. The van der Waals surface area contributed by atoms with E-state index in [0.717, 1.165) is 5.01 Å². The molecule has 0 bridgehead atoms. The molecule has 0 saturated carbocycles. The lowest BCUT2D eigenvalue weighted by molar-refractivity contribution is 0.101. The maximum Gasteiger partial charge on any atom is 0.295 e. The number of thiazole rings is 1. The molecular formula is C23H21N5O3S. The molecule has 4 rings (SSSR count). The molecule has 162 valence electrons. The molecule has 9 heteroatoms. The van der Waals surface area contributed by atoms with Gasteiger partial charge in [0, 0.05) is 18.3 Å². The zero-order valence-corrected chi connectivity index (χ0v) is 18.6. The first kappa shape index (κ1) is 21.3. The molecule has 0 atom stereocenters. The fourth-order valence-corrected chi connectivity index (χ4v) is 3.97. The minimum atomic E-state index is -0.444. The van der Waals surface area contributed by atoms with Crippen LogP contribution in [0.15, 0.2) is 65.6 Å². The summed E-state index contributed by atoms with van der Waals surface area (Å²) >= 11 is 1.29. The van der Waals surface area contributed by atoms with Crippen LogP contribution in [0.3, 0.4) is 0 Å². The van der Waals surface area contributed by atoms with Gasteiger partial charge in [-0.25, -0.2) is 9.67 Å². The third-order valence-corrected chi connectivity index (χ3v) is 5.93. The van der Waals surface area contributed by atoms with Gasteiger partial charge in [-0.2, -0.15) is 0 Å². The Morgan fingerprint density at radius 2 is 1.72 bits per heavy atom. The standard InChI is InChI=1S/C23H21N5O3S/c1-14-20(23(31)28(27(14)3)18-10-5-4-6-11-18)26-21(29)16-8-7-9-17(12-16)25-22(30)19-13-24-15(2)32-19/h4-13H,1-3H3,(H,25,30)(H,26,29). The third kappa shape index (κ3) is 4.10. The van der Waals surface area contributed by atoms with E-state index in [2.05, 4.69) is 15.6 Å². The molecule has 2 amide bonds. The molecule has 2 aromatic heterocycles. The number of carbonyl (C=O) groups is 2. The van der Waals surface area contributed by atoms with Gasteiger partial charge in [-0.1, -0.05) is 24.3 Å². The SMILES string of the molecule is Cc1ncc(C(=O)Nc2cccc(C(=O)Nc3c(C)n(C)n(-c4ccccc4)c3=O)c2)s1. The third-order valence-electron chi connectivity index (χ3n) is 5.02. The molecule has 32 heavy (non-hydrogen) atoms. The highest BCUT2D eigenvalue weighted by molar-refractivity contribution is 7.13. The van der Waals surface area contributed by atoms with Crippen molar-refractivity contribution in [2.45, 2.75) is 13.8 Å². The van der Waals surface area contributed by atoms with E-state index in [9.17, 15) is 14.4 Å². The van der Waals surface area contributed by atoms with Crippen molar-refractivity contribution in [3.8, 4) is 5.69 Å². The number of nitrogens with one attached hydrogen (secondary N) is 2. The van der Waals surface area contributed by atoms with E-state index < -0.39 is 5.91 Å². The van der Waals surface area contributed by atoms with Crippen LogP contribution >= 0.6 is 11.3 Å². The highest BCUT2D eigenvalue weighted by atomic mass is 32.1. The van der Waals surface area contributed by atoms with Crippen molar-refractivity contribution in [1.82, 2.24) is 14.3 Å². The van der Waals surface area contributed by atoms with Crippen molar-refractivity contribution in [2.75, 3.05) is 10.6 Å². The van der Waals surface area contributed by atoms with E-state index in [4.69, 9.17) is 0 Å². The summed E-state index contributed by atoms with van der Waals surface area (Å²) in [5.74, 6) is -0.737. The Bertz CT molecular complexity index is 1370. The van der Waals surface area contributed by atoms with E-state index in [0.29, 0.717) is 27.5 Å². The summed E-state index contributed by atoms with van der Waals surface area (Å²) < 4.78 is 3.19. The Labute approximate surface area is 188 Å². The van der Waals surface area contributed by atoms with Crippen LogP contribution in [0.2, 0.25) is 0 Å². The topological polar surface area (TPSA) is 98.0 Å². The quantitative estimate of drug-likeness (QED) is 0.487. The number of para-hydroxylation sites is 1. The summed E-state index contributed by atoms with van der Waals surface area (Å²) in [4.78, 5) is 42.9. The molecule has 0 spiro atoms. The van der Waals surface area contributed by atoms with E-state index in [1.54, 1.807) is 42.9 Å². The van der Waals surface area contributed by atoms with Crippen molar-refractivity contribution in [3.05, 3.63) is 92.3 Å². The summed E-state index contributed by atoms with van der Waals surface area (Å²) in [5, 5.41) is 6.29. The van der Waals surface area contributed by atoms with Crippen LogP contribution in [0.1, 0.15) is 30.7 Å². The molecule has 2 heterocycles. The molecule has 0 fully saturated rings. The van der Waals surface area contributed by atoms with Gasteiger partial charge in [0.1, 0.15) is 10.6 Å². The van der Waals surface area contributed by atoms with Gasteiger partial charge >= 0.3 is 0 Å². The molecule has 8 nitrogen and oxygen atoms in total. The number of aryl methyl sites for hydroxylation is 1. The highest BCUT2D eigenvalue weighted by Gasteiger charge is 2.19. The fourth-order valence-electron chi connectivity index (χ4n) is 3.30. The number of carbonyl (C=O) groups excluding carboxylic acids is 2. The van der Waals surface area contributed by atoms with E-state index in [1.165, 1.54) is 22.2 Å². The lowest BCUT2D eigenvalue weighted by atomic mass is 10.2. The van der Waals surface area contributed by atoms with Gasteiger partial charge in [0.15, 0.2) is 0 Å². The van der Waals surface area contributed by atoms with Crippen LogP contribution in [0, 0.1) is 13.8 Å². The molecule has 2 N–H and O–H groups in total. The van der Waals surface area contributed by atoms with Gasteiger partial charge in [0.25, 0.3) is 17.4 Å². The second kappa shape index (κ2) is 8.64. The smallest absolute Gasteiger partial charge is 0.295 e. The number of aromatic nitrogens is 3. The Morgan fingerprint density at radius 1 is 0.969 bits per heavy atom. The van der Waals surface area contributed by atoms with Gasteiger partial charge in [-0.3, -0.25) is 19.1 Å². The van der Waals surface area contributed by atoms with Crippen LogP contribution < -0.4 is 16.2 Å². The monoisotopic (exact) mass is 447 g/mol.